The molecule has 2 rings (SSSR count). The molecule has 3 nitrogen and oxygen atoms in total. The lowest BCUT2D eigenvalue weighted by molar-refractivity contribution is 0.613. The van der Waals surface area contributed by atoms with Crippen LogP contribution in [0.2, 0.25) is 0 Å². The number of aromatic nitrogens is 2. The van der Waals surface area contributed by atoms with Crippen molar-refractivity contribution < 1.29 is 0 Å². The van der Waals surface area contributed by atoms with Crippen LogP contribution in [0.25, 0.3) is 0 Å². The molecule has 0 radical (unpaired) electrons. The van der Waals surface area contributed by atoms with Crippen molar-refractivity contribution in [3.63, 3.8) is 0 Å². The second kappa shape index (κ2) is 6.20. The average molecular weight is 254 g/mol. The van der Waals surface area contributed by atoms with E-state index in [1.165, 1.54) is 25.7 Å². The van der Waals surface area contributed by atoms with Crippen molar-refractivity contribution in [1.29, 1.82) is 0 Å². The zero-order chi connectivity index (χ0) is 12.1. The van der Waals surface area contributed by atoms with Crippen LogP contribution in [-0.4, -0.2) is 28.4 Å². The molecule has 4 heteroatoms. The predicted octanol–water partition coefficient (Wildman–Crippen LogP) is 3.03. The first-order chi connectivity index (χ1) is 8.35. The van der Waals surface area contributed by atoms with Gasteiger partial charge in [0, 0.05) is 30.2 Å². The zero-order valence-electron chi connectivity index (χ0n) is 10.4. The molecule has 0 unspecified atom stereocenters. The Bertz CT molecular complexity index is 350. The Morgan fingerprint density at radius 2 is 2.12 bits per heavy atom. The second-order valence-electron chi connectivity index (χ2n) is 4.54. The van der Waals surface area contributed by atoms with Gasteiger partial charge in [0.05, 0.1) is 0 Å². The Labute approximate surface area is 108 Å². The van der Waals surface area contributed by atoms with Crippen molar-refractivity contribution in [1.82, 2.24) is 9.97 Å². The van der Waals surface area contributed by atoms with Crippen LogP contribution in [-0.2, 0) is 6.42 Å². The van der Waals surface area contributed by atoms with E-state index in [4.69, 9.17) is 11.6 Å². The molecule has 0 spiro atoms. The van der Waals surface area contributed by atoms with Gasteiger partial charge in [-0.2, -0.15) is 0 Å². The summed E-state index contributed by atoms with van der Waals surface area (Å²) in [4.78, 5) is 11.0. The Balaban J connectivity index is 2.18. The predicted molar refractivity (Wildman–Crippen MR) is 71.7 cm³/mol. The molecule has 0 bridgehead atoms. The minimum Gasteiger partial charge on any atom is -0.352 e. The summed E-state index contributed by atoms with van der Waals surface area (Å²) in [5, 5.41) is 0. The van der Waals surface area contributed by atoms with Gasteiger partial charge < -0.3 is 4.90 Å². The minimum atomic E-state index is 0.619. The summed E-state index contributed by atoms with van der Waals surface area (Å²) in [6.07, 6.45) is 7.81. The lowest BCUT2D eigenvalue weighted by atomic mass is 10.2. The molecule has 0 saturated heterocycles. The highest BCUT2D eigenvalue weighted by molar-refractivity contribution is 6.18. The fourth-order valence-corrected chi connectivity index (χ4v) is 2.71. The first-order valence-electron chi connectivity index (χ1n) is 6.48. The molecule has 1 saturated carbocycles. The molecule has 0 amide bonds. The highest BCUT2D eigenvalue weighted by Crippen LogP contribution is 2.27. The molecule has 1 aliphatic rings. The molecule has 0 N–H and O–H groups in total. The van der Waals surface area contributed by atoms with E-state index in [9.17, 15) is 0 Å². The number of rotatable bonds is 5. The van der Waals surface area contributed by atoms with E-state index in [-0.39, 0.29) is 0 Å². The van der Waals surface area contributed by atoms with Gasteiger partial charge in [0.25, 0.3) is 0 Å². The molecule has 0 aliphatic heterocycles. The third-order valence-electron chi connectivity index (χ3n) is 3.46. The normalized spacial score (nSPS) is 16.4. The molecule has 1 heterocycles. The number of nitrogens with zero attached hydrogens (tertiary/aromatic N) is 3. The summed E-state index contributed by atoms with van der Waals surface area (Å²) in [7, 11) is 0. The van der Waals surface area contributed by atoms with Crippen molar-refractivity contribution in [2.24, 2.45) is 0 Å². The summed E-state index contributed by atoms with van der Waals surface area (Å²) in [5.74, 6) is 1.70. The number of halogens is 1. The van der Waals surface area contributed by atoms with Gasteiger partial charge in [0.1, 0.15) is 12.1 Å². The van der Waals surface area contributed by atoms with Crippen LogP contribution < -0.4 is 4.90 Å². The van der Waals surface area contributed by atoms with E-state index in [0.717, 1.165) is 24.5 Å². The lowest BCUT2D eigenvalue weighted by Crippen LogP contribution is -2.35. The van der Waals surface area contributed by atoms with Gasteiger partial charge >= 0.3 is 0 Å². The smallest absolute Gasteiger partial charge is 0.132 e. The summed E-state index contributed by atoms with van der Waals surface area (Å²) >= 11 is 5.91. The average Bonchev–Trinajstić information content (AvgIpc) is 2.89. The van der Waals surface area contributed by atoms with Crippen LogP contribution in [0.3, 0.4) is 0 Å². The van der Waals surface area contributed by atoms with Gasteiger partial charge in [-0.3, -0.25) is 0 Å². The first-order valence-corrected chi connectivity index (χ1v) is 7.02. The SMILES string of the molecule is CCc1cc(N(CCCl)C2CCCC2)ncn1. The van der Waals surface area contributed by atoms with Crippen LogP contribution >= 0.6 is 11.6 Å². The van der Waals surface area contributed by atoms with Gasteiger partial charge in [0.15, 0.2) is 0 Å². The van der Waals surface area contributed by atoms with E-state index >= 15 is 0 Å². The van der Waals surface area contributed by atoms with Gasteiger partial charge in [-0.1, -0.05) is 19.8 Å². The molecule has 1 fully saturated rings. The van der Waals surface area contributed by atoms with Crippen molar-refractivity contribution in [2.45, 2.75) is 45.1 Å². The third kappa shape index (κ3) is 3.09. The number of aryl methyl sites for hydroxylation is 1. The molecule has 1 aromatic rings. The summed E-state index contributed by atoms with van der Waals surface area (Å²) in [5.41, 5.74) is 1.10. The zero-order valence-corrected chi connectivity index (χ0v) is 11.2. The highest BCUT2D eigenvalue weighted by Gasteiger charge is 2.23. The highest BCUT2D eigenvalue weighted by atomic mass is 35.5. The maximum atomic E-state index is 5.91. The van der Waals surface area contributed by atoms with Gasteiger partial charge in [0.2, 0.25) is 0 Å². The Morgan fingerprint density at radius 3 is 2.76 bits per heavy atom. The fourth-order valence-electron chi connectivity index (χ4n) is 2.53. The van der Waals surface area contributed by atoms with E-state index < -0.39 is 0 Å². The van der Waals surface area contributed by atoms with Gasteiger partial charge in [-0.05, 0) is 19.3 Å². The molecule has 1 aromatic heterocycles. The maximum absolute atomic E-state index is 5.91. The Morgan fingerprint density at radius 1 is 1.35 bits per heavy atom. The van der Waals surface area contributed by atoms with Crippen LogP contribution in [0.4, 0.5) is 5.82 Å². The van der Waals surface area contributed by atoms with Crippen molar-refractivity contribution in [3.8, 4) is 0 Å². The van der Waals surface area contributed by atoms with E-state index in [1.54, 1.807) is 6.33 Å². The number of anilines is 1. The first kappa shape index (κ1) is 12.6. The standard InChI is InChI=1S/C13H20ClN3/c1-2-11-9-13(16-10-15-11)17(8-7-14)12-5-3-4-6-12/h9-10,12H,2-8H2,1H3. The van der Waals surface area contributed by atoms with Crippen molar-refractivity contribution in [2.75, 3.05) is 17.3 Å². The van der Waals surface area contributed by atoms with Gasteiger partial charge in [-0.15, -0.1) is 11.6 Å². The van der Waals surface area contributed by atoms with E-state index in [1.807, 2.05) is 0 Å². The molecular weight excluding hydrogens is 234 g/mol. The molecule has 94 valence electrons. The number of hydrogen-bond acceptors (Lipinski definition) is 3. The second-order valence-corrected chi connectivity index (χ2v) is 4.92. The summed E-state index contributed by atoms with van der Waals surface area (Å²) in [6.45, 7) is 3.00. The monoisotopic (exact) mass is 253 g/mol. The van der Waals surface area contributed by atoms with Crippen LogP contribution in [0.1, 0.15) is 38.3 Å². The molecule has 1 aliphatic carbocycles. The van der Waals surface area contributed by atoms with Crippen LogP contribution in [0, 0.1) is 0 Å². The third-order valence-corrected chi connectivity index (χ3v) is 3.63. The largest absolute Gasteiger partial charge is 0.352 e. The molecular formula is C13H20ClN3. The minimum absolute atomic E-state index is 0.619. The van der Waals surface area contributed by atoms with E-state index in [2.05, 4.69) is 27.9 Å². The molecule has 0 aromatic carbocycles. The van der Waals surface area contributed by atoms with Crippen molar-refractivity contribution >= 4 is 17.4 Å². The van der Waals surface area contributed by atoms with Crippen LogP contribution in [0.15, 0.2) is 12.4 Å². The number of alkyl halides is 1. The molecule has 0 atom stereocenters. The lowest BCUT2D eigenvalue weighted by Gasteiger charge is -2.29. The van der Waals surface area contributed by atoms with Crippen LogP contribution in [0.5, 0.6) is 0 Å². The topological polar surface area (TPSA) is 29.0 Å². The Kier molecular flexibility index (Phi) is 4.60. The number of hydrogen-bond donors (Lipinski definition) is 0. The quantitative estimate of drug-likeness (QED) is 0.756. The molecule has 17 heavy (non-hydrogen) atoms. The van der Waals surface area contributed by atoms with E-state index in [0.29, 0.717) is 11.9 Å². The maximum Gasteiger partial charge on any atom is 0.132 e. The van der Waals surface area contributed by atoms with Crippen molar-refractivity contribution in [3.05, 3.63) is 18.1 Å². The Hall–Kier alpha value is -0.830. The van der Waals surface area contributed by atoms with Gasteiger partial charge in [-0.25, -0.2) is 9.97 Å². The fraction of sp³-hybridized carbons (Fsp3) is 0.692. The summed E-state index contributed by atoms with van der Waals surface area (Å²) < 4.78 is 0. The summed E-state index contributed by atoms with van der Waals surface area (Å²) in [6, 6.07) is 2.72.